The summed E-state index contributed by atoms with van der Waals surface area (Å²) in [4.78, 5) is 8.14. The van der Waals surface area contributed by atoms with Gasteiger partial charge in [0.1, 0.15) is 5.82 Å². The zero-order valence-corrected chi connectivity index (χ0v) is 18.0. The monoisotopic (exact) mass is 435 g/mol. The van der Waals surface area contributed by atoms with Crippen molar-refractivity contribution in [2.45, 2.75) is 6.42 Å². The maximum Gasteiger partial charge on any atom is 0.210 e. The van der Waals surface area contributed by atoms with Gasteiger partial charge in [0.25, 0.3) is 0 Å². The number of rotatable bonds is 6. The second-order valence-electron chi connectivity index (χ2n) is 6.96. The van der Waals surface area contributed by atoms with Crippen LogP contribution < -0.4 is 10.2 Å². The Balaban J connectivity index is 1.33. The lowest BCUT2D eigenvalue weighted by atomic mass is 10.1. The molecule has 3 aromatic heterocycles. The Morgan fingerprint density at radius 3 is 2.77 bits per heavy atom. The van der Waals surface area contributed by atoms with Gasteiger partial charge in [-0.1, -0.05) is 29.5 Å². The van der Waals surface area contributed by atoms with Crippen molar-refractivity contribution in [1.29, 1.82) is 0 Å². The quantitative estimate of drug-likeness (QED) is 0.468. The maximum atomic E-state index is 5.46. The van der Waals surface area contributed by atoms with Crippen molar-refractivity contribution in [3.63, 3.8) is 0 Å². The first-order valence-electron chi connectivity index (χ1n) is 9.85. The summed E-state index contributed by atoms with van der Waals surface area (Å²) in [7, 11) is 0. The van der Waals surface area contributed by atoms with Crippen molar-refractivity contribution < 1.29 is 4.74 Å². The Labute approximate surface area is 183 Å². The van der Waals surface area contributed by atoms with Gasteiger partial charge in [-0.2, -0.15) is 0 Å². The van der Waals surface area contributed by atoms with E-state index in [4.69, 9.17) is 4.74 Å². The third kappa shape index (κ3) is 4.35. The molecule has 1 aliphatic rings. The summed E-state index contributed by atoms with van der Waals surface area (Å²) in [6, 6.07) is 16.5. The average Bonchev–Trinajstić information content (AvgIpc) is 3.45. The lowest BCUT2D eigenvalue weighted by Crippen LogP contribution is -2.36. The molecule has 8 heteroatoms. The largest absolute Gasteiger partial charge is 0.378 e. The predicted molar refractivity (Wildman–Crippen MR) is 123 cm³/mol. The van der Waals surface area contributed by atoms with E-state index in [1.807, 2.05) is 36.5 Å². The summed E-state index contributed by atoms with van der Waals surface area (Å²) in [5, 5.41) is 15.9. The third-order valence-corrected chi connectivity index (χ3v) is 6.73. The molecule has 1 aromatic carbocycles. The van der Waals surface area contributed by atoms with E-state index in [1.54, 1.807) is 22.7 Å². The normalized spacial score (nSPS) is 14.1. The molecule has 152 valence electrons. The van der Waals surface area contributed by atoms with Gasteiger partial charge in [-0.05, 0) is 41.3 Å². The van der Waals surface area contributed by atoms with E-state index in [9.17, 15) is 0 Å². The molecule has 1 fully saturated rings. The highest BCUT2D eigenvalue weighted by molar-refractivity contribution is 7.19. The summed E-state index contributed by atoms with van der Waals surface area (Å²) >= 11 is 3.33. The summed E-state index contributed by atoms with van der Waals surface area (Å²) in [6.45, 7) is 3.31. The highest BCUT2D eigenvalue weighted by atomic mass is 32.1. The van der Waals surface area contributed by atoms with Crippen LogP contribution in [0, 0.1) is 0 Å². The van der Waals surface area contributed by atoms with Crippen molar-refractivity contribution >= 4 is 39.3 Å². The fourth-order valence-electron chi connectivity index (χ4n) is 3.42. The molecule has 1 aliphatic heterocycles. The molecule has 0 aliphatic carbocycles. The van der Waals surface area contributed by atoms with E-state index in [1.165, 1.54) is 10.4 Å². The summed E-state index contributed by atoms with van der Waals surface area (Å²) < 4.78 is 5.46. The summed E-state index contributed by atoms with van der Waals surface area (Å²) in [6.07, 6.45) is 2.76. The summed E-state index contributed by atoms with van der Waals surface area (Å²) in [5.41, 5.74) is 3.42. The minimum absolute atomic E-state index is 0.761. The van der Waals surface area contributed by atoms with Crippen molar-refractivity contribution in [3.8, 4) is 10.6 Å². The molecule has 1 saturated heterocycles. The Morgan fingerprint density at radius 1 is 1.03 bits per heavy atom. The van der Waals surface area contributed by atoms with Crippen LogP contribution >= 0.6 is 22.7 Å². The molecular weight excluding hydrogens is 414 g/mol. The Kier molecular flexibility index (Phi) is 5.69. The highest BCUT2D eigenvalue weighted by Gasteiger charge is 2.15. The first-order valence-corrected chi connectivity index (χ1v) is 11.5. The standard InChI is InChI=1S/C22H21N5OS2/c1-2-4-17(5-3-1)24-22-26-25-21(30-22)18-7-13-29-19(18)14-16-6-8-23-20(15-16)27-9-11-28-12-10-27/h1-8,13,15H,9-12,14H2,(H,24,26). The van der Waals surface area contributed by atoms with Crippen molar-refractivity contribution in [2.75, 3.05) is 36.5 Å². The minimum Gasteiger partial charge on any atom is -0.378 e. The number of aromatic nitrogens is 3. The molecule has 0 radical (unpaired) electrons. The Hall–Kier alpha value is -2.81. The predicted octanol–water partition coefficient (Wildman–Crippen LogP) is 4.83. The van der Waals surface area contributed by atoms with Crippen LogP contribution in [0.2, 0.25) is 0 Å². The molecular formula is C22H21N5OS2. The van der Waals surface area contributed by atoms with Gasteiger partial charge in [0, 0.05) is 41.8 Å². The molecule has 4 heterocycles. The zero-order chi connectivity index (χ0) is 20.2. The average molecular weight is 436 g/mol. The van der Waals surface area contributed by atoms with Crippen molar-refractivity contribution in [2.24, 2.45) is 0 Å². The van der Waals surface area contributed by atoms with Gasteiger partial charge < -0.3 is 15.0 Å². The maximum absolute atomic E-state index is 5.46. The van der Waals surface area contributed by atoms with Gasteiger partial charge in [0.2, 0.25) is 5.13 Å². The third-order valence-electron chi connectivity index (χ3n) is 4.94. The SMILES string of the molecule is c1ccc(Nc2nnc(-c3ccsc3Cc3ccnc(N4CCOCC4)c3)s2)cc1. The van der Waals surface area contributed by atoms with E-state index in [0.29, 0.717) is 0 Å². The van der Waals surface area contributed by atoms with Crippen LogP contribution in [0.3, 0.4) is 0 Å². The van der Waals surface area contributed by atoms with Gasteiger partial charge in [0.15, 0.2) is 5.01 Å². The van der Waals surface area contributed by atoms with Crippen LogP contribution in [0.5, 0.6) is 0 Å². The number of morpholine rings is 1. The van der Waals surface area contributed by atoms with Gasteiger partial charge in [0.05, 0.1) is 13.2 Å². The van der Waals surface area contributed by atoms with Crippen molar-refractivity contribution in [1.82, 2.24) is 15.2 Å². The van der Waals surface area contributed by atoms with Crippen LogP contribution in [-0.2, 0) is 11.2 Å². The zero-order valence-electron chi connectivity index (χ0n) is 16.3. The lowest BCUT2D eigenvalue weighted by molar-refractivity contribution is 0.122. The second kappa shape index (κ2) is 8.91. The van der Waals surface area contributed by atoms with E-state index in [0.717, 1.165) is 59.9 Å². The molecule has 4 aromatic rings. The lowest BCUT2D eigenvalue weighted by Gasteiger charge is -2.28. The number of thiophene rings is 1. The topological polar surface area (TPSA) is 63.2 Å². The molecule has 0 bridgehead atoms. The Bertz CT molecular complexity index is 1110. The molecule has 6 nitrogen and oxygen atoms in total. The molecule has 0 atom stereocenters. The molecule has 0 saturated carbocycles. The number of benzene rings is 1. The van der Waals surface area contributed by atoms with Crippen LogP contribution in [0.1, 0.15) is 10.4 Å². The number of hydrogen-bond donors (Lipinski definition) is 1. The van der Waals surface area contributed by atoms with E-state index in [-0.39, 0.29) is 0 Å². The molecule has 5 rings (SSSR count). The first-order chi connectivity index (χ1) is 14.8. The molecule has 1 N–H and O–H groups in total. The number of hydrogen-bond acceptors (Lipinski definition) is 8. The Morgan fingerprint density at radius 2 is 1.90 bits per heavy atom. The fourth-order valence-corrected chi connectivity index (χ4v) is 5.21. The van der Waals surface area contributed by atoms with Gasteiger partial charge in [-0.25, -0.2) is 4.98 Å². The van der Waals surface area contributed by atoms with Gasteiger partial charge in [-0.15, -0.1) is 21.5 Å². The smallest absolute Gasteiger partial charge is 0.210 e. The van der Waals surface area contributed by atoms with E-state index >= 15 is 0 Å². The number of nitrogens with zero attached hydrogens (tertiary/aromatic N) is 4. The van der Waals surface area contributed by atoms with Crippen LogP contribution in [0.15, 0.2) is 60.1 Å². The fraction of sp³-hybridized carbons (Fsp3) is 0.227. The highest BCUT2D eigenvalue weighted by Crippen LogP contribution is 2.34. The molecule has 0 spiro atoms. The van der Waals surface area contributed by atoms with Crippen LogP contribution in [-0.4, -0.2) is 41.5 Å². The van der Waals surface area contributed by atoms with Gasteiger partial charge >= 0.3 is 0 Å². The number of anilines is 3. The van der Waals surface area contributed by atoms with E-state index < -0.39 is 0 Å². The minimum atomic E-state index is 0.761. The number of ether oxygens (including phenoxy) is 1. The number of pyridine rings is 1. The molecule has 0 unspecified atom stereocenters. The number of nitrogens with one attached hydrogen (secondary N) is 1. The van der Waals surface area contributed by atoms with Crippen LogP contribution in [0.25, 0.3) is 10.6 Å². The summed E-state index contributed by atoms with van der Waals surface area (Å²) in [5.74, 6) is 1.03. The molecule has 0 amide bonds. The molecule has 30 heavy (non-hydrogen) atoms. The van der Waals surface area contributed by atoms with E-state index in [2.05, 4.69) is 49.0 Å². The number of para-hydroxylation sites is 1. The van der Waals surface area contributed by atoms with Gasteiger partial charge in [-0.3, -0.25) is 0 Å². The first kappa shape index (κ1) is 19.2. The van der Waals surface area contributed by atoms with Crippen LogP contribution in [0.4, 0.5) is 16.6 Å². The van der Waals surface area contributed by atoms with Crippen molar-refractivity contribution in [3.05, 3.63) is 70.5 Å². The second-order valence-corrected chi connectivity index (χ2v) is 8.94.